The molecule has 1 aliphatic rings. The zero-order chi connectivity index (χ0) is 43.6. The Balaban J connectivity index is 0.000000191. The number of nitrogens with zero attached hydrogens (tertiary/aromatic N) is 2. The van der Waals surface area contributed by atoms with E-state index >= 15 is 0 Å². The molecule has 0 spiro atoms. The molecule has 0 amide bonds. The van der Waals surface area contributed by atoms with E-state index in [0.29, 0.717) is 0 Å². The molecule has 312 valence electrons. The van der Waals surface area contributed by atoms with Gasteiger partial charge in [-0.05, 0) is 129 Å². The maximum Gasteiger partial charge on any atom is 0.0637 e. The average molecular weight is 807 g/mol. The number of likely N-dealkylation sites (N-methyl/N-ethyl adjacent to an activating group) is 1. The van der Waals surface area contributed by atoms with Crippen molar-refractivity contribution in [3.8, 4) is 11.1 Å². The normalized spacial score (nSPS) is 13.0. The minimum Gasteiger partial charge on any atom is -0.387 e. The van der Waals surface area contributed by atoms with Crippen LogP contribution in [-0.2, 0) is 12.6 Å². The predicted molar refractivity (Wildman–Crippen MR) is 265 cm³/mol. The second kappa shape index (κ2) is 22.6. The summed E-state index contributed by atoms with van der Waals surface area (Å²) in [7, 11) is 5.60. The van der Waals surface area contributed by atoms with Crippen LogP contribution >= 0.6 is 0 Å². The Kier molecular flexibility index (Phi) is 16.8. The van der Waals surface area contributed by atoms with Crippen molar-refractivity contribution < 1.29 is 0 Å². The Morgan fingerprint density at radius 2 is 1.41 bits per heavy atom. The van der Waals surface area contributed by atoms with Gasteiger partial charge in [-0.1, -0.05) is 140 Å². The van der Waals surface area contributed by atoms with Crippen LogP contribution in [0.1, 0.15) is 30.5 Å². The number of para-hydroxylation sites is 2. The van der Waals surface area contributed by atoms with Crippen LogP contribution in [0.5, 0.6) is 0 Å². The van der Waals surface area contributed by atoms with Crippen LogP contribution in [0.25, 0.3) is 32.9 Å². The van der Waals surface area contributed by atoms with E-state index in [1.54, 1.807) is 0 Å². The van der Waals surface area contributed by atoms with Gasteiger partial charge in [0.25, 0.3) is 0 Å². The molecule has 6 nitrogen and oxygen atoms in total. The van der Waals surface area contributed by atoms with Crippen molar-refractivity contribution in [3.63, 3.8) is 0 Å². The third kappa shape index (κ3) is 11.3. The molecule has 1 unspecified atom stereocenters. The van der Waals surface area contributed by atoms with Crippen LogP contribution in [0, 0.1) is 6.92 Å². The summed E-state index contributed by atoms with van der Waals surface area (Å²) < 4.78 is 2.28. The summed E-state index contributed by atoms with van der Waals surface area (Å²) in [6, 6.07) is 52.8. The van der Waals surface area contributed by atoms with E-state index in [-0.39, 0.29) is 0 Å². The minimum atomic E-state index is -0.494. The zero-order valence-corrected chi connectivity index (χ0v) is 36.6. The Bertz CT molecular complexity index is 2580. The number of benzene rings is 6. The molecular formula is C55H62N6. The Morgan fingerprint density at radius 3 is 2.05 bits per heavy atom. The lowest BCUT2D eigenvalue weighted by Gasteiger charge is -2.28. The molecule has 1 aliphatic heterocycles. The fourth-order valence-electron chi connectivity index (χ4n) is 7.50. The molecule has 61 heavy (non-hydrogen) atoms. The topological polar surface area (TPSA) is 84.3 Å². The molecule has 1 aromatic heterocycles. The lowest BCUT2D eigenvalue weighted by atomic mass is 9.84. The highest BCUT2D eigenvalue weighted by atomic mass is 15.1. The number of anilines is 2. The van der Waals surface area contributed by atoms with Gasteiger partial charge >= 0.3 is 0 Å². The monoisotopic (exact) mass is 807 g/mol. The van der Waals surface area contributed by atoms with Crippen LogP contribution < -0.4 is 27.0 Å². The molecule has 0 saturated heterocycles. The fraction of sp³-hybridized carbons (Fsp3) is 0.164. The molecule has 0 aliphatic carbocycles. The summed E-state index contributed by atoms with van der Waals surface area (Å²) in [5, 5.41) is 8.81. The van der Waals surface area contributed by atoms with Crippen molar-refractivity contribution >= 4 is 33.2 Å². The number of nitrogens with one attached hydrogen (secondary N) is 2. The maximum atomic E-state index is 6.61. The van der Waals surface area contributed by atoms with Gasteiger partial charge in [-0.25, -0.2) is 0 Å². The van der Waals surface area contributed by atoms with E-state index in [1.165, 1.54) is 56.8 Å². The number of hydrogen-bond acceptors (Lipinski definition) is 5. The number of rotatable bonds is 10. The third-order valence-corrected chi connectivity index (χ3v) is 10.6. The van der Waals surface area contributed by atoms with E-state index in [2.05, 4.69) is 199 Å². The van der Waals surface area contributed by atoms with E-state index in [9.17, 15) is 0 Å². The molecule has 0 fully saturated rings. The minimum absolute atomic E-state index is 0.494. The number of dihydropyridines is 1. The van der Waals surface area contributed by atoms with Crippen molar-refractivity contribution in [3.05, 3.63) is 229 Å². The van der Waals surface area contributed by atoms with Crippen LogP contribution in [0.3, 0.4) is 0 Å². The SMILES string of the molecule is C=C/C=C(\C=C/C)N(c1ccccc1)c1cc2c(cc1C)c1ccccc1n2C.CC(N)(c1ccccc1)c1cccc(-c2ccccc2)c1.CN.CNCC1=CC=CNC1. The van der Waals surface area contributed by atoms with Gasteiger partial charge in [0, 0.05) is 47.8 Å². The van der Waals surface area contributed by atoms with Gasteiger partial charge in [-0.2, -0.15) is 0 Å². The molecule has 6 aromatic carbocycles. The summed E-state index contributed by atoms with van der Waals surface area (Å²) in [5.74, 6) is 0. The van der Waals surface area contributed by atoms with Crippen LogP contribution in [0.15, 0.2) is 212 Å². The maximum absolute atomic E-state index is 6.61. The van der Waals surface area contributed by atoms with E-state index in [0.717, 1.165) is 35.6 Å². The van der Waals surface area contributed by atoms with E-state index < -0.39 is 5.54 Å². The quantitative estimate of drug-likeness (QED) is 0.103. The second-order valence-corrected chi connectivity index (χ2v) is 14.8. The molecule has 8 rings (SSSR count). The molecule has 0 radical (unpaired) electrons. The van der Waals surface area contributed by atoms with Crippen molar-refractivity contribution in [1.82, 2.24) is 15.2 Å². The predicted octanol–water partition coefficient (Wildman–Crippen LogP) is 11.8. The summed E-state index contributed by atoms with van der Waals surface area (Å²) in [6.45, 7) is 12.2. The van der Waals surface area contributed by atoms with Crippen molar-refractivity contribution in [1.29, 1.82) is 0 Å². The first-order valence-corrected chi connectivity index (χ1v) is 20.9. The van der Waals surface area contributed by atoms with Crippen molar-refractivity contribution in [2.24, 2.45) is 18.5 Å². The van der Waals surface area contributed by atoms with Gasteiger partial charge < -0.3 is 31.6 Å². The molecule has 7 aromatic rings. The molecule has 1 atom stereocenters. The fourth-order valence-corrected chi connectivity index (χ4v) is 7.50. The largest absolute Gasteiger partial charge is 0.387 e. The smallest absolute Gasteiger partial charge is 0.0637 e. The Morgan fingerprint density at radius 1 is 0.787 bits per heavy atom. The molecule has 2 heterocycles. The summed E-state index contributed by atoms with van der Waals surface area (Å²) >= 11 is 0. The highest BCUT2D eigenvalue weighted by Crippen LogP contribution is 2.38. The first kappa shape index (κ1) is 45.4. The second-order valence-electron chi connectivity index (χ2n) is 14.8. The van der Waals surface area contributed by atoms with Gasteiger partial charge in [0.15, 0.2) is 0 Å². The lowest BCUT2D eigenvalue weighted by molar-refractivity contribution is 0.603. The molecular weight excluding hydrogens is 745 g/mol. The van der Waals surface area contributed by atoms with Crippen molar-refractivity contribution in [2.75, 3.05) is 32.1 Å². The van der Waals surface area contributed by atoms with Gasteiger partial charge in [0.05, 0.1) is 16.7 Å². The van der Waals surface area contributed by atoms with Crippen LogP contribution in [0.2, 0.25) is 0 Å². The number of hydrogen-bond donors (Lipinski definition) is 4. The standard InChI is InChI=1S/C27H26N2.C20H19N.C7H12N2.CH5N/c1-5-12-21(13-6-2)29(22-14-8-7-9-15-22)26-19-27-24(18-20(26)3)23-16-10-11-17-25(23)28(27)4;1-20(21,18-12-6-3-7-13-18)19-14-8-11-17(15-19)16-9-4-2-5-10-16;1-8-5-7-3-2-4-9-6-7;1-2/h5-19H,1H2,2-4H3;2-15H,21H2,1H3;2-4,8-9H,5-6H2,1H3;2H2,1H3/b13-6-,21-12+;;;. The average Bonchev–Trinajstić information content (AvgIpc) is 3.59. The lowest BCUT2D eigenvalue weighted by Crippen LogP contribution is -2.34. The van der Waals surface area contributed by atoms with E-state index in [4.69, 9.17) is 5.73 Å². The summed E-state index contributed by atoms with van der Waals surface area (Å²) in [6.07, 6.45) is 14.2. The first-order chi connectivity index (χ1) is 29.8. The highest BCUT2D eigenvalue weighted by molar-refractivity contribution is 6.09. The highest BCUT2D eigenvalue weighted by Gasteiger charge is 2.24. The van der Waals surface area contributed by atoms with Gasteiger partial charge in [0.1, 0.15) is 0 Å². The number of nitrogens with two attached hydrogens (primary N) is 2. The summed E-state index contributed by atoms with van der Waals surface area (Å²) in [5.41, 5.74) is 23.7. The molecule has 6 N–H and O–H groups in total. The van der Waals surface area contributed by atoms with Gasteiger partial charge in [-0.15, -0.1) is 0 Å². The number of aryl methyl sites for hydroxylation is 2. The van der Waals surface area contributed by atoms with Crippen molar-refractivity contribution in [2.45, 2.75) is 26.3 Å². The molecule has 6 heteroatoms. The molecule has 0 saturated carbocycles. The number of allylic oxidation sites excluding steroid dienone is 6. The van der Waals surface area contributed by atoms with Crippen LogP contribution in [0.4, 0.5) is 11.4 Å². The summed E-state index contributed by atoms with van der Waals surface area (Å²) in [4.78, 5) is 2.30. The third-order valence-electron chi connectivity index (χ3n) is 10.6. The Labute approximate surface area is 363 Å². The van der Waals surface area contributed by atoms with E-state index in [1.807, 2.05) is 62.7 Å². The number of aromatic nitrogens is 1. The zero-order valence-electron chi connectivity index (χ0n) is 36.6. The number of fused-ring (bicyclic) bond motifs is 3. The van der Waals surface area contributed by atoms with Gasteiger partial charge in [0.2, 0.25) is 0 Å². The van der Waals surface area contributed by atoms with Gasteiger partial charge in [-0.3, -0.25) is 0 Å². The first-order valence-electron chi connectivity index (χ1n) is 20.9. The Hall–Kier alpha value is -6.70. The van der Waals surface area contributed by atoms with Crippen LogP contribution in [-0.4, -0.2) is 31.8 Å². The molecule has 0 bridgehead atoms.